The molecule has 1 aliphatic carbocycles. The molecule has 2 aliphatic rings. The number of thiophene rings is 1. The number of hydrogen-bond donors (Lipinski definition) is 1. The fourth-order valence-electron chi connectivity index (χ4n) is 3.91. The first-order valence-corrected chi connectivity index (χ1v) is 8.12. The zero-order valence-electron chi connectivity index (χ0n) is 11.5. The molecule has 21 heavy (non-hydrogen) atoms. The normalized spacial score (nSPS) is 25.0. The van der Waals surface area contributed by atoms with Crippen LogP contribution >= 0.6 is 11.3 Å². The summed E-state index contributed by atoms with van der Waals surface area (Å²) in [5, 5.41) is 9.94. The molecule has 1 aliphatic heterocycles. The van der Waals surface area contributed by atoms with Crippen molar-refractivity contribution in [1.29, 1.82) is 0 Å². The van der Waals surface area contributed by atoms with Crippen molar-refractivity contribution in [3.8, 4) is 0 Å². The number of likely N-dealkylation sites (tertiary alicyclic amines) is 1. The average molecular weight is 305 g/mol. The largest absolute Gasteiger partial charge is 0.477 e. The van der Waals surface area contributed by atoms with Gasteiger partial charge in [-0.1, -0.05) is 6.07 Å². The highest BCUT2D eigenvalue weighted by atomic mass is 32.1. The number of carboxylic acid groups (broad SMARTS) is 1. The van der Waals surface area contributed by atoms with Crippen molar-refractivity contribution >= 4 is 27.4 Å². The van der Waals surface area contributed by atoms with Gasteiger partial charge in [0.05, 0.1) is 0 Å². The summed E-state index contributed by atoms with van der Waals surface area (Å²) >= 11 is 1.18. The number of aromatic carboxylic acids is 1. The lowest BCUT2D eigenvalue weighted by Gasteiger charge is -2.26. The van der Waals surface area contributed by atoms with Crippen molar-refractivity contribution in [3.05, 3.63) is 34.5 Å². The fourth-order valence-corrected chi connectivity index (χ4v) is 4.98. The smallest absolute Gasteiger partial charge is 0.346 e. The van der Waals surface area contributed by atoms with E-state index in [4.69, 9.17) is 0 Å². The molecule has 2 bridgehead atoms. The first kappa shape index (κ1) is 13.2. The Kier molecular flexibility index (Phi) is 3.01. The topological polar surface area (TPSA) is 40.5 Å². The summed E-state index contributed by atoms with van der Waals surface area (Å²) in [6.07, 6.45) is 3.69. The molecule has 0 amide bonds. The van der Waals surface area contributed by atoms with Crippen LogP contribution in [0.3, 0.4) is 0 Å². The van der Waals surface area contributed by atoms with Crippen LogP contribution in [-0.4, -0.2) is 28.6 Å². The second-order valence-electron chi connectivity index (χ2n) is 6.09. The minimum absolute atomic E-state index is 0.290. The van der Waals surface area contributed by atoms with E-state index in [9.17, 15) is 14.3 Å². The number of fused-ring (bicyclic) bond motifs is 3. The third-order valence-electron chi connectivity index (χ3n) is 4.84. The van der Waals surface area contributed by atoms with E-state index >= 15 is 0 Å². The highest BCUT2D eigenvalue weighted by molar-refractivity contribution is 7.21. The average Bonchev–Trinajstić information content (AvgIpc) is 3.13. The van der Waals surface area contributed by atoms with Crippen LogP contribution in [0.25, 0.3) is 10.1 Å². The Morgan fingerprint density at radius 3 is 2.95 bits per heavy atom. The number of hydrogen-bond acceptors (Lipinski definition) is 3. The third-order valence-corrected chi connectivity index (χ3v) is 6.03. The molecular formula is C16H16FNO2S. The Bertz CT molecular complexity index is 726. The first-order chi connectivity index (χ1) is 10.1. The number of halogens is 1. The highest BCUT2D eigenvalue weighted by Crippen LogP contribution is 2.41. The number of benzene rings is 1. The molecule has 110 valence electrons. The van der Waals surface area contributed by atoms with Crippen LogP contribution in [-0.2, 0) is 6.54 Å². The number of piperidine rings is 1. The Morgan fingerprint density at radius 1 is 1.43 bits per heavy atom. The van der Waals surface area contributed by atoms with E-state index in [1.165, 1.54) is 36.7 Å². The SMILES string of the molecule is O=C(O)c1sc2cccc(F)c2c1CN1CC2CCC1C2. The minimum atomic E-state index is -0.949. The molecule has 5 heteroatoms. The van der Waals surface area contributed by atoms with Gasteiger partial charge in [0, 0.05) is 34.8 Å². The first-order valence-electron chi connectivity index (χ1n) is 7.30. The van der Waals surface area contributed by atoms with Gasteiger partial charge in [-0.3, -0.25) is 4.90 Å². The zero-order chi connectivity index (χ0) is 14.6. The molecule has 2 unspecified atom stereocenters. The van der Waals surface area contributed by atoms with Crippen LogP contribution in [0.5, 0.6) is 0 Å². The lowest BCUT2D eigenvalue weighted by atomic mass is 10.1. The van der Waals surface area contributed by atoms with E-state index in [1.54, 1.807) is 12.1 Å². The molecule has 2 fully saturated rings. The van der Waals surface area contributed by atoms with E-state index in [-0.39, 0.29) is 10.7 Å². The Labute approximate surface area is 126 Å². The second-order valence-corrected chi connectivity index (χ2v) is 7.14. The molecule has 3 nitrogen and oxygen atoms in total. The van der Waals surface area contributed by atoms with E-state index in [2.05, 4.69) is 4.90 Å². The molecule has 0 spiro atoms. The van der Waals surface area contributed by atoms with Crippen LogP contribution < -0.4 is 0 Å². The quantitative estimate of drug-likeness (QED) is 0.939. The summed E-state index contributed by atoms with van der Waals surface area (Å²) in [5.41, 5.74) is 0.660. The minimum Gasteiger partial charge on any atom is -0.477 e. The molecule has 2 heterocycles. The zero-order valence-corrected chi connectivity index (χ0v) is 12.3. The Balaban J connectivity index is 1.79. The second kappa shape index (κ2) is 4.78. The fraction of sp³-hybridized carbons (Fsp3) is 0.438. The summed E-state index contributed by atoms with van der Waals surface area (Å²) in [5.74, 6) is -0.511. The van der Waals surface area contributed by atoms with E-state index in [0.29, 0.717) is 23.5 Å². The predicted molar refractivity (Wildman–Crippen MR) is 80.3 cm³/mol. The van der Waals surface area contributed by atoms with Crippen LogP contribution in [0.2, 0.25) is 0 Å². The monoisotopic (exact) mass is 305 g/mol. The van der Waals surface area contributed by atoms with Crippen molar-refractivity contribution < 1.29 is 14.3 Å². The summed E-state index contributed by atoms with van der Waals surface area (Å²) in [7, 11) is 0. The van der Waals surface area contributed by atoms with Crippen LogP contribution in [0.1, 0.15) is 34.5 Å². The molecule has 0 radical (unpaired) electrons. The predicted octanol–water partition coefficient (Wildman–Crippen LogP) is 3.72. The number of carboxylic acids is 1. The maximum absolute atomic E-state index is 14.2. The van der Waals surface area contributed by atoms with Crippen molar-refractivity contribution in [2.24, 2.45) is 5.92 Å². The highest BCUT2D eigenvalue weighted by Gasteiger charge is 2.38. The van der Waals surface area contributed by atoms with Gasteiger partial charge in [0.1, 0.15) is 10.7 Å². The van der Waals surface area contributed by atoms with Gasteiger partial charge < -0.3 is 5.11 Å². The van der Waals surface area contributed by atoms with Gasteiger partial charge in [0.25, 0.3) is 0 Å². The Morgan fingerprint density at radius 2 is 2.29 bits per heavy atom. The summed E-state index contributed by atoms with van der Waals surface area (Å²) in [6.45, 7) is 1.58. The van der Waals surface area contributed by atoms with E-state index in [1.807, 2.05) is 0 Å². The molecule has 1 saturated heterocycles. The van der Waals surface area contributed by atoms with Gasteiger partial charge in [-0.2, -0.15) is 0 Å². The maximum Gasteiger partial charge on any atom is 0.346 e. The molecule has 1 aromatic carbocycles. The molecule has 1 saturated carbocycles. The number of nitrogens with zero attached hydrogens (tertiary/aromatic N) is 1. The van der Waals surface area contributed by atoms with Gasteiger partial charge in [0.2, 0.25) is 0 Å². The van der Waals surface area contributed by atoms with E-state index < -0.39 is 5.97 Å². The van der Waals surface area contributed by atoms with Gasteiger partial charge in [-0.25, -0.2) is 9.18 Å². The van der Waals surface area contributed by atoms with Crippen molar-refractivity contribution in [1.82, 2.24) is 4.90 Å². The number of carbonyl (C=O) groups is 1. The summed E-state index contributed by atoms with van der Waals surface area (Å²) < 4.78 is 14.9. The number of rotatable bonds is 3. The molecule has 1 N–H and O–H groups in total. The molecule has 2 aromatic rings. The van der Waals surface area contributed by atoms with Crippen molar-refractivity contribution in [3.63, 3.8) is 0 Å². The maximum atomic E-state index is 14.2. The lowest BCUT2D eigenvalue weighted by molar-refractivity contribution is 0.0699. The van der Waals surface area contributed by atoms with Crippen LogP contribution in [0.4, 0.5) is 4.39 Å². The molecule has 2 atom stereocenters. The molecule has 4 rings (SSSR count). The van der Waals surface area contributed by atoms with Gasteiger partial charge in [0.15, 0.2) is 0 Å². The van der Waals surface area contributed by atoms with Crippen molar-refractivity contribution in [2.45, 2.75) is 31.8 Å². The van der Waals surface area contributed by atoms with Gasteiger partial charge >= 0.3 is 5.97 Å². The third kappa shape index (κ3) is 2.07. The van der Waals surface area contributed by atoms with Crippen LogP contribution in [0, 0.1) is 11.7 Å². The van der Waals surface area contributed by atoms with Gasteiger partial charge in [-0.05, 0) is 37.3 Å². The Hall–Kier alpha value is -1.46. The molecular weight excluding hydrogens is 289 g/mol. The standard InChI is InChI=1S/C16H16FNO2S/c17-12-2-1-3-13-14(12)11(15(21-13)16(19)20)8-18-7-9-4-5-10(18)6-9/h1-3,9-10H,4-8H2,(H,19,20). The van der Waals surface area contributed by atoms with Crippen LogP contribution in [0.15, 0.2) is 18.2 Å². The summed E-state index contributed by atoms with van der Waals surface area (Å²) in [6, 6.07) is 5.41. The van der Waals surface area contributed by atoms with Crippen molar-refractivity contribution in [2.75, 3.05) is 6.54 Å². The van der Waals surface area contributed by atoms with E-state index in [0.717, 1.165) is 17.2 Å². The van der Waals surface area contributed by atoms with Gasteiger partial charge in [-0.15, -0.1) is 11.3 Å². The lowest BCUT2D eigenvalue weighted by Crippen LogP contribution is -2.31. The summed E-state index contributed by atoms with van der Waals surface area (Å²) in [4.78, 5) is 14.1. The molecule has 1 aromatic heterocycles.